The molecule has 0 radical (unpaired) electrons. The van der Waals surface area contributed by atoms with Crippen molar-refractivity contribution in [2.45, 2.75) is 71.0 Å². The van der Waals surface area contributed by atoms with Gasteiger partial charge in [-0.2, -0.15) is 0 Å². The molecule has 1 heterocycles. The van der Waals surface area contributed by atoms with Gasteiger partial charge in [0.2, 0.25) is 0 Å². The number of hydrogen-bond donors (Lipinski definition) is 1. The van der Waals surface area contributed by atoms with E-state index in [1.165, 1.54) is 64.8 Å². The molecule has 1 saturated carbocycles. The largest absolute Gasteiger partial charge is 0.314 e. The minimum atomic E-state index is 0.768. The molecule has 0 spiro atoms. The van der Waals surface area contributed by atoms with E-state index < -0.39 is 0 Å². The third kappa shape index (κ3) is 4.17. The Labute approximate surface area is 119 Å². The molecule has 112 valence electrons. The van der Waals surface area contributed by atoms with E-state index in [1.54, 1.807) is 0 Å². The van der Waals surface area contributed by atoms with Crippen LogP contribution in [-0.4, -0.2) is 60.6 Å². The summed E-state index contributed by atoms with van der Waals surface area (Å²) in [6.07, 6.45) is 6.71. The van der Waals surface area contributed by atoms with Gasteiger partial charge in [-0.25, -0.2) is 0 Å². The highest BCUT2D eigenvalue weighted by atomic mass is 15.3. The molecule has 1 saturated heterocycles. The van der Waals surface area contributed by atoms with E-state index in [-0.39, 0.29) is 0 Å². The van der Waals surface area contributed by atoms with Crippen LogP contribution in [0.5, 0.6) is 0 Å². The van der Waals surface area contributed by atoms with Crippen molar-refractivity contribution < 1.29 is 0 Å². The lowest BCUT2D eigenvalue weighted by atomic mass is 10.1. The second-order valence-corrected chi connectivity index (χ2v) is 6.45. The maximum Gasteiger partial charge on any atom is 0.0113 e. The molecule has 2 fully saturated rings. The second-order valence-electron chi connectivity index (χ2n) is 6.45. The zero-order chi connectivity index (χ0) is 13.7. The van der Waals surface area contributed by atoms with Gasteiger partial charge in [-0.15, -0.1) is 0 Å². The van der Waals surface area contributed by atoms with Crippen LogP contribution >= 0.6 is 0 Å². The molecule has 3 unspecified atom stereocenters. The minimum absolute atomic E-state index is 0.768. The first-order valence-electron chi connectivity index (χ1n) is 8.46. The van der Waals surface area contributed by atoms with Crippen LogP contribution in [0.3, 0.4) is 0 Å². The Morgan fingerprint density at radius 2 is 1.84 bits per heavy atom. The monoisotopic (exact) mass is 267 g/mol. The van der Waals surface area contributed by atoms with Gasteiger partial charge in [0.1, 0.15) is 0 Å². The van der Waals surface area contributed by atoms with E-state index in [4.69, 9.17) is 0 Å². The molecule has 19 heavy (non-hydrogen) atoms. The standard InChI is InChI=1S/C16H33N3/c1-4-8-17-15-6-7-16(13-15)19-11-9-18(10-12-19)14(3)5-2/h14-17H,4-13H2,1-3H3. The minimum Gasteiger partial charge on any atom is -0.314 e. The van der Waals surface area contributed by atoms with E-state index >= 15 is 0 Å². The Kier molecular flexibility index (Phi) is 6.11. The van der Waals surface area contributed by atoms with E-state index in [0.717, 1.165) is 18.1 Å². The fourth-order valence-corrected chi connectivity index (χ4v) is 3.62. The summed E-state index contributed by atoms with van der Waals surface area (Å²) in [5, 5.41) is 3.70. The number of rotatable bonds is 6. The van der Waals surface area contributed by atoms with Crippen LogP contribution in [0.4, 0.5) is 0 Å². The molecular weight excluding hydrogens is 234 g/mol. The average Bonchev–Trinajstić information content (AvgIpc) is 2.93. The topological polar surface area (TPSA) is 18.5 Å². The summed E-state index contributed by atoms with van der Waals surface area (Å²) in [5.41, 5.74) is 0. The predicted molar refractivity (Wildman–Crippen MR) is 82.6 cm³/mol. The van der Waals surface area contributed by atoms with E-state index in [1.807, 2.05) is 0 Å². The number of piperazine rings is 1. The molecule has 0 aromatic heterocycles. The molecule has 1 aliphatic carbocycles. The summed E-state index contributed by atoms with van der Waals surface area (Å²) in [6.45, 7) is 13.3. The van der Waals surface area contributed by atoms with E-state index in [9.17, 15) is 0 Å². The lowest BCUT2D eigenvalue weighted by molar-refractivity contribution is 0.0734. The SMILES string of the molecule is CCCNC1CCC(N2CCN(C(C)CC)CC2)C1. The Morgan fingerprint density at radius 1 is 1.11 bits per heavy atom. The highest BCUT2D eigenvalue weighted by molar-refractivity contribution is 4.89. The van der Waals surface area contributed by atoms with Gasteiger partial charge < -0.3 is 5.32 Å². The summed E-state index contributed by atoms with van der Waals surface area (Å²) in [4.78, 5) is 5.42. The number of nitrogens with one attached hydrogen (secondary N) is 1. The Balaban J connectivity index is 1.70. The van der Waals surface area contributed by atoms with Crippen molar-refractivity contribution >= 4 is 0 Å². The van der Waals surface area contributed by atoms with Crippen LogP contribution in [0, 0.1) is 0 Å². The normalized spacial score (nSPS) is 31.7. The summed E-state index contributed by atoms with van der Waals surface area (Å²) in [6, 6.07) is 2.41. The molecule has 3 heteroatoms. The van der Waals surface area contributed by atoms with Gasteiger partial charge in [0.15, 0.2) is 0 Å². The van der Waals surface area contributed by atoms with Gasteiger partial charge in [-0.3, -0.25) is 9.80 Å². The van der Waals surface area contributed by atoms with Crippen LogP contribution in [0.15, 0.2) is 0 Å². The maximum atomic E-state index is 3.70. The van der Waals surface area contributed by atoms with Crippen molar-refractivity contribution in [1.29, 1.82) is 0 Å². The van der Waals surface area contributed by atoms with Gasteiger partial charge in [0, 0.05) is 44.3 Å². The van der Waals surface area contributed by atoms with Crippen molar-refractivity contribution in [3.63, 3.8) is 0 Å². The molecule has 0 aromatic rings. The second kappa shape index (κ2) is 7.61. The van der Waals surface area contributed by atoms with Crippen molar-refractivity contribution in [1.82, 2.24) is 15.1 Å². The van der Waals surface area contributed by atoms with Gasteiger partial charge in [0.05, 0.1) is 0 Å². The predicted octanol–water partition coefficient (Wildman–Crippen LogP) is 2.32. The van der Waals surface area contributed by atoms with Crippen LogP contribution in [0.1, 0.15) is 52.9 Å². The summed E-state index contributed by atoms with van der Waals surface area (Å²) in [5.74, 6) is 0. The molecule has 3 atom stereocenters. The summed E-state index contributed by atoms with van der Waals surface area (Å²) < 4.78 is 0. The molecule has 2 rings (SSSR count). The van der Waals surface area contributed by atoms with Crippen molar-refractivity contribution in [2.24, 2.45) is 0 Å². The van der Waals surface area contributed by atoms with E-state index in [2.05, 4.69) is 35.9 Å². The molecular formula is C16H33N3. The zero-order valence-electron chi connectivity index (χ0n) is 13.2. The van der Waals surface area contributed by atoms with Gasteiger partial charge in [-0.1, -0.05) is 13.8 Å². The van der Waals surface area contributed by atoms with Crippen LogP contribution in [0.2, 0.25) is 0 Å². The fourth-order valence-electron chi connectivity index (χ4n) is 3.62. The van der Waals surface area contributed by atoms with Gasteiger partial charge in [-0.05, 0) is 45.6 Å². The smallest absolute Gasteiger partial charge is 0.0113 e. The molecule has 0 aromatic carbocycles. The average molecular weight is 267 g/mol. The van der Waals surface area contributed by atoms with E-state index in [0.29, 0.717) is 0 Å². The number of hydrogen-bond acceptors (Lipinski definition) is 3. The maximum absolute atomic E-state index is 3.70. The molecule has 3 nitrogen and oxygen atoms in total. The first-order chi connectivity index (χ1) is 9.24. The summed E-state index contributed by atoms with van der Waals surface area (Å²) in [7, 11) is 0. The molecule has 2 aliphatic rings. The van der Waals surface area contributed by atoms with Gasteiger partial charge in [0.25, 0.3) is 0 Å². The molecule has 1 aliphatic heterocycles. The third-order valence-electron chi connectivity index (χ3n) is 5.17. The lowest BCUT2D eigenvalue weighted by Gasteiger charge is -2.40. The quantitative estimate of drug-likeness (QED) is 0.797. The van der Waals surface area contributed by atoms with Crippen LogP contribution < -0.4 is 5.32 Å². The zero-order valence-corrected chi connectivity index (χ0v) is 13.2. The number of nitrogens with zero attached hydrogens (tertiary/aromatic N) is 2. The first kappa shape index (κ1) is 15.3. The molecule has 1 N–H and O–H groups in total. The van der Waals surface area contributed by atoms with Crippen molar-refractivity contribution in [3.8, 4) is 0 Å². The van der Waals surface area contributed by atoms with Crippen LogP contribution in [0.25, 0.3) is 0 Å². The molecule has 0 amide bonds. The Hall–Kier alpha value is -0.120. The highest BCUT2D eigenvalue weighted by Crippen LogP contribution is 2.25. The van der Waals surface area contributed by atoms with Crippen molar-refractivity contribution in [3.05, 3.63) is 0 Å². The highest BCUT2D eigenvalue weighted by Gasteiger charge is 2.31. The third-order valence-corrected chi connectivity index (χ3v) is 5.17. The van der Waals surface area contributed by atoms with Gasteiger partial charge >= 0.3 is 0 Å². The van der Waals surface area contributed by atoms with Crippen LogP contribution in [-0.2, 0) is 0 Å². The Morgan fingerprint density at radius 3 is 2.47 bits per heavy atom. The fraction of sp³-hybridized carbons (Fsp3) is 1.00. The molecule has 0 bridgehead atoms. The first-order valence-corrected chi connectivity index (χ1v) is 8.46. The van der Waals surface area contributed by atoms with Crippen molar-refractivity contribution in [2.75, 3.05) is 32.7 Å². The Bertz CT molecular complexity index is 248. The summed E-state index contributed by atoms with van der Waals surface area (Å²) >= 11 is 0. The lowest BCUT2D eigenvalue weighted by Crippen LogP contribution is -2.52.